The average molecular weight is 214 g/mol. The van der Waals surface area contributed by atoms with Gasteiger partial charge < -0.3 is 10.3 Å². The highest BCUT2D eigenvalue weighted by molar-refractivity contribution is 5.92. The molecule has 0 atom stereocenters. The molecule has 1 aromatic carbocycles. The second kappa shape index (κ2) is 3.49. The maximum absolute atomic E-state index is 12.0. The molecule has 0 saturated heterocycles. The molecule has 1 heterocycles. The third kappa shape index (κ3) is 2.23. The summed E-state index contributed by atoms with van der Waals surface area (Å²) in [7, 11) is 0. The first-order valence-corrected chi connectivity index (χ1v) is 4.43. The molecule has 0 spiro atoms. The molecule has 0 bridgehead atoms. The van der Waals surface area contributed by atoms with Crippen molar-refractivity contribution in [2.24, 2.45) is 0 Å². The van der Waals surface area contributed by atoms with Gasteiger partial charge in [0.2, 0.25) is 0 Å². The molecule has 0 saturated carbocycles. The molecular formula is C10H9F3N2. The lowest BCUT2D eigenvalue weighted by Crippen LogP contribution is -2.21. The van der Waals surface area contributed by atoms with Crippen LogP contribution in [0.3, 0.4) is 0 Å². The molecule has 80 valence electrons. The van der Waals surface area contributed by atoms with Gasteiger partial charge in [0.1, 0.15) is 6.54 Å². The lowest BCUT2D eigenvalue weighted by atomic mass is 10.2. The van der Waals surface area contributed by atoms with Crippen LogP contribution in [-0.4, -0.2) is 17.7 Å². The zero-order valence-corrected chi connectivity index (χ0v) is 7.73. The molecule has 2 N–H and O–H groups in total. The van der Waals surface area contributed by atoms with Crippen molar-refractivity contribution in [3.05, 3.63) is 30.5 Å². The Kier molecular flexibility index (Phi) is 2.30. The third-order valence-electron chi connectivity index (χ3n) is 2.07. The van der Waals surface area contributed by atoms with E-state index in [4.69, 9.17) is 0 Å². The number of para-hydroxylation sites is 1. The molecule has 0 unspecified atom stereocenters. The zero-order chi connectivity index (χ0) is 10.9. The summed E-state index contributed by atoms with van der Waals surface area (Å²) < 4.78 is 35.9. The summed E-state index contributed by atoms with van der Waals surface area (Å²) in [5.41, 5.74) is 1.30. The van der Waals surface area contributed by atoms with E-state index in [0.717, 1.165) is 10.9 Å². The van der Waals surface area contributed by atoms with E-state index in [1.807, 2.05) is 12.1 Å². The molecule has 2 rings (SSSR count). The molecule has 0 aliphatic rings. The molecule has 0 aliphatic heterocycles. The number of H-pyrrole nitrogens is 1. The van der Waals surface area contributed by atoms with Gasteiger partial charge in [-0.15, -0.1) is 0 Å². The fourth-order valence-electron chi connectivity index (χ4n) is 1.41. The Morgan fingerprint density at radius 3 is 2.67 bits per heavy atom. The molecule has 1 aromatic heterocycles. The Morgan fingerprint density at radius 2 is 1.93 bits per heavy atom. The number of aromatic amines is 1. The van der Waals surface area contributed by atoms with Crippen LogP contribution in [0, 0.1) is 0 Å². The van der Waals surface area contributed by atoms with Crippen LogP contribution in [0.2, 0.25) is 0 Å². The number of benzene rings is 1. The topological polar surface area (TPSA) is 27.8 Å². The van der Waals surface area contributed by atoms with Crippen LogP contribution in [0.25, 0.3) is 10.9 Å². The van der Waals surface area contributed by atoms with Gasteiger partial charge in [0.25, 0.3) is 0 Å². The first-order chi connectivity index (χ1) is 7.06. The van der Waals surface area contributed by atoms with Crippen molar-refractivity contribution >= 4 is 16.6 Å². The van der Waals surface area contributed by atoms with Gasteiger partial charge in [0.05, 0.1) is 5.69 Å². The lowest BCUT2D eigenvalue weighted by molar-refractivity contribution is -0.115. The minimum absolute atomic E-state index is 0.475. The number of halogens is 3. The number of anilines is 1. The highest BCUT2D eigenvalue weighted by atomic mass is 19.4. The Bertz CT molecular complexity index is 459. The summed E-state index contributed by atoms with van der Waals surface area (Å²) in [6.45, 7) is -1.02. The van der Waals surface area contributed by atoms with E-state index < -0.39 is 12.7 Å². The standard InChI is InChI=1S/C10H9F3N2/c11-10(12,13)6-15-9-5-14-8-4-2-1-3-7(8)9/h1-5,14-15H,6H2. The molecule has 2 aromatic rings. The van der Waals surface area contributed by atoms with Crippen molar-refractivity contribution in [3.63, 3.8) is 0 Å². The van der Waals surface area contributed by atoms with Crippen molar-refractivity contribution in [2.75, 3.05) is 11.9 Å². The molecular weight excluding hydrogens is 205 g/mol. The number of hydrogen-bond donors (Lipinski definition) is 2. The number of nitrogens with one attached hydrogen (secondary N) is 2. The minimum atomic E-state index is -4.20. The normalized spacial score (nSPS) is 11.9. The van der Waals surface area contributed by atoms with Crippen LogP contribution in [0.5, 0.6) is 0 Å². The Labute approximate surface area is 84.1 Å². The van der Waals surface area contributed by atoms with Crippen LogP contribution < -0.4 is 5.32 Å². The van der Waals surface area contributed by atoms with Crippen LogP contribution in [0.15, 0.2) is 30.5 Å². The predicted molar refractivity (Wildman–Crippen MR) is 52.8 cm³/mol. The lowest BCUT2D eigenvalue weighted by Gasteiger charge is -2.07. The molecule has 0 radical (unpaired) electrons. The van der Waals surface area contributed by atoms with E-state index in [1.165, 1.54) is 6.20 Å². The molecule has 5 heteroatoms. The van der Waals surface area contributed by atoms with Crippen molar-refractivity contribution < 1.29 is 13.2 Å². The summed E-state index contributed by atoms with van der Waals surface area (Å²) in [4.78, 5) is 2.89. The quantitative estimate of drug-likeness (QED) is 0.789. The van der Waals surface area contributed by atoms with Crippen LogP contribution in [-0.2, 0) is 0 Å². The van der Waals surface area contributed by atoms with Gasteiger partial charge in [-0.1, -0.05) is 18.2 Å². The van der Waals surface area contributed by atoms with Gasteiger partial charge in [-0.25, -0.2) is 0 Å². The zero-order valence-electron chi connectivity index (χ0n) is 7.73. The summed E-state index contributed by atoms with van der Waals surface area (Å²) in [6, 6.07) is 7.19. The highest BCUT2D eigenvalue weighted by Gasteiger charge is 2.26. The third-order valence-corrected chi connectivity index (χ3v) is 2.07. The molecule has 0 aliphatic carbocycles. The van der Waals surface area contributed by atoms with Gasteiger partial charge in [-0.3, -0.25) is 0 Å². The van der Waals surface area contributed by atoms with Gasteiger partial charge in [0.15, 0.2) is 0 Å². The maximum Gasteiger partial charge on any atom is 0.405 e. The van der Waals surface area contributed by atoms with Crippen molar-refractivity contribution in [1.29, 1.82) is 0 Å². The van der Waals surface area contributed by atoms with Gasteiger partial charge in [0, 0.05) is 17.1 Å². The Morgan fingerprint density at radius 1 is 1.20 bits per heavy atom. The Hall–Kier alpha value is -1.65. The van der Waals surface area contributed by atoms with Crippen molar-refractivity contribution in [1.82, 2.24) is 4.98 Å². The fourth-order valence-corrected chi connectivity index (χ4v) is 1.41. The fraction of sp³-hybridized carbons (Fsp3) is 0.200. The number of alkyl halides is 3. The van der Waals surface area contributed by atoms with Crippen LogP contribution >= 0.6 is 0 Å². The molecule has 0 amide bonds. The molecule has 2 nitrogen and oxygen atoms in total. The Balaban J connectivity index is 2.22. The van der Waals surface area contributed by atoms with Gasteiger partial charge >= 0.3 is 6.18 Å². The number of rotatable bonds is 2. The van der Waals surface area contributed by atoms with E-state index in [-0.39, 0.29) is 0 Å². The second-order valence-electron chi connectivity index (χ2n) is 3.22. The maximum atomic E-state index is 12.0. The van der Waals surface area contributed by atoms with Crippen molar-refractivity contribution in [2.45, 2.75) is 6.18 Å². The molecule has 15 heavy (non-hydrogen) atoms. The monoisotopic (exact) mass is 214 g/mol. The summed E-state index contributed by atoms with van der Waals surface area (Å²) in [6.07, 6.45) is -2.66. The van der Waals surface area contributed by atoms with Crippen LogP contribution in [0.4, 0.5) is 18.9 Å². The van der Waals surface area contributed by atoms with Crippen molar-refractivity contribution in [3.8, 4) is 0 Å². The smallest absolute Gasteiger partial charge is 0.375 e. The highest BCUT2D eigenvalue weighted by Crippen LogP contribution is 2.24. The summed E-state index contributed by atoms with van der Waals surface area (Å²) >= 11 is 0. The van der Waals surface area contributed by atoms with Gasteiger partial charge in [-0.05, 0) is 6.07 Å². The van der Waals surface area contributed by atoms with E-state index in [0.29, 0.717) is 5.69 Å². The number of hydrogen-bond acceptors (Lipinski definition) is 1. The predicted octanol–water partition coefficient (Wildman–Crippen LogP) is 3.14. The second-order valence-corrected chi connectivity index (χ2v) is 3.22. The van der Waals surface area contributed by atoms with E-state index in [9.17, 15) is 13.2 Å². The molecule has 0 fully saturated rings. The summed E-state index contributed by atoms with van der Waals surface area (Å²) in [5.74, 6) is 0. The minimum Gasteiger partial charge on any atom is -0.375 e. The van der Waals surface area contributed by atoms with E-state index >= 15 is 0 Å². The number of fused-ring (bicyclic) bond motifs is 1. The SMILES string of the molecule is FC(F)(F)CNc1c[nH]c2ccccc12. The summed E-state index contributed by atoms with van der Waals surface area (Å²) in [5, 5.41) is 3.12. The van der Waals surface area contributed by atoms with Gasteiger partial charge in [-0.2, -0.15) is 13.2 Å². The first-order valence-electron chi connectivity index (χ1n) is 4.43. The van der Waals surface area contributed by atoms with Crippen LogP contribution in [0.1, 0.15) is 0 Å². The van der Waals surface area contributed by atoms with E-state index in [2.05, 4.69) is 10.3 Å². The number of aromatic nitrogens is 1. The average Bonchev–Trinajstić information content (AvgIpc) is 2.57. The largest absolute Gasteiger partial charge is 0.405 e. The van der Waals surface area contributed by atoms with E-state index in [1.54, 1.807) is 12.1 Å². The first kappa shape index (κ1) is 9.89.